The Balaban J connectivity index is 0.000000371. The van der Waals surface area contributed by atoms with Gasteiger partial charge in [-0.3, -0.25) is 0 Å². The fraction of sp³-hybridized carbons (Fsp3) is 0.438. The van der Waals surface area contributed by atoms with Gasteiger partial charge in [0.2, 0.25) is 0 Å². The second-order valence-corrected chi connectivity index (χ2v) is 33.8. The number of hydrogen-bond donors (Lipinski definition) is 22. The van der Waals surface area contributed by atoms with Crippen LogP contribution in [-0.2, 0) is 121 Å². The molecule has 0 aromatic heterocycles. The third kappa shape index (κ3) is 27.9. The predicted molar refractivity (Wildman–Crippen MR) is 461 cm³/mol. The van der Waals surface area contributed by atoms with E-state index in [4.69, 9.17) is 51.1 Å². The zero-order valence-corrected chi connectivity index (χ0v) is 72.8. The smallest absolute Gasteiger partial charge is 0.126 e. The molecule has 0 aliphatic rings. The normalized spacial score (nSPS) is 11.7. The second kappa shape index (κ2) is 46.5. The van der Waals surface area contributed by atoms with Crippen molar-refractivity contribution in [2.75, 3.05) is 0 Å². The molecule has 0 aliphatic heterocycles. The monoisotopic (exact) mass is 1660 g/mol. The van der Waals surface area contributed by atoms with Crippen LogP contribution in [0.15, 0.2) is 115 Å². The van der Waals surface area contributed by atoms with Crippen molar-refractivity contribution in [2.24, 2.45) is 5.41 Å². The van der Waals surface area contributed by atoms with Crippen LogP contribution in [-0.4, -0.2) is 112 Å². The van der Waals surface area contributed by atoms with Crippen LogP contribution in [0.1, 0.15) is 267 Å². The summed E-state index contributed by atoms with van der Waals surface area (Å²) in [5, 5.41) is 205. The van der Waals surface area contributed by atoms with Gasteiger partial charge in [-0.05, 0) is 215 Å². The van der Waals surface area contributed by atoms with Crippen molar-refractivity contribution >= 4 is 0 Å². The molecule has 0 bridgehead atoms. The van der Waals surface area contributed by atoms with Crippen LogP contribution in [0, 0.1) is 38.9 Å². The summed E-state index contributed by atoms with van der Waals surface area (Å²) in [6.07, 6.45) is 2.78. The molecule has 0 aliphatic carbocycles. The summed E-state index contributed by atoms with van der Waals surface area (Å²) in [5.41, 5.74) is 17.1. The molecule has 0 saturated heterocycles. The summed E-state index contributed by atoms with van der Waals surface area (Å²) < 4.78 is 12.6. The highest BCUT2D eigenvalue weighted by Gasteiger charge is 2.31. The molecule has 0 spiro atoms. The molecule has 22 nitrogen and oxygen atoms in total. The van der Waals surface area contributed by atoms with Crippen molar-refractivity contribution in [3.8, 4) is 46.0 Å². The molecule has 1 unspecified atom stereocenters. The molecule has 23 heteroatoms. The molecule has 9 aromatic rings. The molecule has 0 fully saturated rings. The van der Waals surface area contributed by atoms with Gasteiger partial charge in [0.1, 0.15) is 51.8 Å². The summed E-state index contributed by atoms with van der Waals surface area (Å²) in [4.78, 5) is 0. The number of benzene rings is 9. The van der Waals surface area contributed by atoms with Crippen LogP contribution in [0.5, 0.6) is 46.0 Å². The van der Waals surface area contributed by atoms with E-state index in [1.54, 1.807) is 42.5 Å². The number of aromatic hydroxyl groups is 8. The molecule has 9 rings (SSSR count). The van der Waals surface area contributed by atoms with Gasteiger partial charge in [-0.25, -0.2) is 4.39 Å². The average molecular weight is 1660 g/mol. The minimum atomic E-state index is -0.582. The Morgan fingerprint density at radius 2 is 0.563 bits per heavy atom. The summed E-state index contributed by atoms with van der Waals surface area (Å²) in [6, 6.07) is 34.2. The Labute approximate surface area is 701 Å². The Kier molecular flexibility index (Phi) is 40.6. The maximum Gasteiger partial charge on any atom is 0.126 e. The molecule has 656 valence electrons. The van der Waals surface area contributed by atoms with Gasteiger partial charge < -0.3 is 112 Å². The molecule has 0 heterocycles. The lowest BCUT2D eigenvalue weighted by Gasteiger charge is -2.33. The minimum Gasteiger partial charge on any atom is -0.507 e. The highest BCUT2D eigenvalue weighted by atomic mass is 19.1. The fourth-order valence-corrected chi connectivity index (χ4v) is 13.7. The highest BCUT2D eigenvalue weighted by molar-refractivity contribution is 5.54. The van der Waals surface area contributed by atoms with E-state index in [9.17, 15) is 65.7 Å². The van der Waals surface area contributed by atoms with Crippen molar-refractivity contribution in [2.45, 2.75) is 271 Å². The first kappa shape index (κ1) is 104. The number of aliphatic hydroxyl groups is 14. The maximum absolute atomic E-state index is 12.6. The van der Waals surface area contributed by atoms with Crippen molar-refractivity contribution in [3.63, 3.8) is 0 Å². The van der Waals surface area contributed by atoms with E-state index in [1.165, 1.54) is 0 Å². The first-order chi connectivity index (χ1) is 55.6. The number of aliphatic hydroxyl groups excluding tert-OH is 14. The first-order valence-electron chi connectivity index (χ1n) is 39.6. The number of phenols is 8. The SMILES string of the molecule is CC(C)(C)CC(C)(C)c1cc(CO)c(O)c(CO)c1.CC(C)(C)c1cc(CO)c(O)c(CO)c1.CCC(C)c1cc(CO)c(O)c(CO)c1.CCc1cc(CO)c(O)c(CO)c1.Cc1cc(C(C)(C)c2ccc(C(C)(C)c3cc(C)c(O)c(CO)c3)cc2)cc(CO)c1O.Cc1cc(CO)c(O)c(CO)c1C.OCc1cc(F)cc(CO)c1O. The molecular weight excluding hydrogens is 1520 g/mol. The molecule has 119 heavy (non-hydrogen) atoms. The molecule has 0 radical (unpaired) electrons. The molecular formula is C96H133FO22. The lowest BCUT2D eigenvalue weighted by molar-refractivity contribution is 0.259. The summed E-state index contributed by atoms with van der Waals surface area (Å²) in [7, 11) is 0. The van der Waals surface area contributed by atoms with Gasteiger partial charge in [-0.1, -0.05) is 140 Å². The van der Waals surface area contributed by atoms with Crippen molar-refractivity contribution in [3.05, 3.63) is 266 Å². The van der Waals surface area contributed by atoms with E-state index < -0.39 is 19.0 Å². The van der Waals surface area contributed by atoms with E-state index in [-0.39, 0.29) is 163 Å². The van der Waals surface area contributed by atoms with Crippen molar-refractivity contribution < 1.29 is 117 Å². The van der Waals surface area contributed by atoms with E-state index in [0.717, 1.165) is 98.2 Å². The highest BCUT2D eigenvalue weighted by Crippen LogP contribution is 2.43. The largest absolute Gasteiger partial charge is 0.507 e. The number of halogens is 1. The standard InChI is InChI=1S/C28H34O4.C16H26O3.2C12H18O3.2C10H14O3.C8H9FO3/c1-17-11-23(13-19(15-29)25(17)31)27(3,4)21-7-9-22(10-8-21)28(5,6)24-12-18(2)26(32)20(14-24)16-30;1-15(2,3)10-16(4,5)13-6-11(8-17)14(19)12(7-13)9-18;1-12(2,3)10-4-8(6-13)11(15)9(5-10)7-14;1-3-8(2)9-4-10(6-13)12(15)11(5-9)7-14;1-6-3-8(4-11)10(13)9(5-12)7(6)2;1-2-7-3-8(5-11)10(13)9(4-7)6-12;9-7-1-5(3-10)8(12)6(2-7)4-11/h7-14,29-32H,15-16H2,1-6H3;6-7,17-19H,8-10H2,1-5H3;4-5,13-15H,6-7H2,1-3H3;4-5,8,13-15H,3,6-7H2,1-2H3;3,11-13H,4-5H2,1-2H3;3-4,11-13H,2,5-6H2,1H3;1-2,10-12H,3-4H2. The van der Waals surface area contributed by atoms with Gasteiger partial charge in [0.25, 0.3) is 0 Å². The Morgan fingerprint density at radius 1 is 0.294 bits per heavy atom. The quantitative estimate of drug-likeness (QED) is 0.0283. The van der Waals surface area contributed by atoms with Gasteiger partial charge in [0.05, 0.1) is 92.5 Å². The predicted octanol–water partition coefficient (Wildman–Crippen LogP) is 14.5. The number of rotatable bonds is 23. The molecule has 0 saturated carbocycles. The molecule has 22 N–H and O–H groups in total. The Bertz CT molecular complexity index is 4520. The van der Waals surface area contributed by atoms with E-state index in [0.29, 0.717) is 72.7 Å². The van der Waals surface area contributed by atoms with Gasteiger partial charge in [-0.2, -0.15) is 0 Å². The number of hydrogen-bond acceptors (Lipinski definition) is 22. The van der Waals surface area contributed by atoms with Gasteiger partial charge in [-0.15, -0.1) is 0 Å². The maximum atomic E-state index is 12.6. The minimum absolute atomic E-state index is 0.000286. The first-order valence-corrected chi connectivity index (χ1v) is 39.6. The van der Waals surface area contributed by atoms with Crippen LogP contribution in [0.3, 0.4) is 0 Å². The van der Waals surface area contributed by atoms with Gasteiger partial charge in [0.15, 0.2) is 0 Å². The summed E-state index contributed by atoms with van der Waals surface area (Å²) >= 11 is 0. The zero-order chi connectivity index (χ0) is 90.7. The van der Waals surface area contributed by atoms with Crippen LogP contribution in [0.25, 0.3) is 0 Å². The van der Waals surface area contributed by atoms with E-state index >= 15 is 0 Å². The van der Waals surface area contributed by atoms with Crippen molar-refractivity contribution in [1.29, 1.82) is 0 Å². The van der Waals surface area contributed by atoms with Crippen LogP contribution >= 0.6 is 0 Å². The lowest BCUT2D eigenvalue weighted by atomic mass is 9.71. The van der Waals surface area contributed by atoms with Crippen LogP contribution in [0.4, 0.5) is 4.39 Å². The number of aryl methyl sites for hydroxylation is 4. The topological polar surface area (TPSA) is 445 Å². The summed E-state index contributed by atoms with van der Waals surface area (Å²) in [5.74, 6) is -0.162. The lowest BCUT2D eigenvalue weighted by Crippen LogP contribution is -2.25. The molecule has 9 aromatic carbocycles. The van der Waals surface area contributed by atoms with E-state index in [1.807, 2.05) is 91.8 Å². The average Bonchev–Trinajstić information content (AvgIpc) is 0.436. The zero-order valence-electron chi connectivity index (χ0n) is 72.8. The summed E-state index contributed by atoms with van der Waals surface area (Å²) in [6.45, 7) is 35.7. The third-order valence-electron chi connectivity index (χ3n) is 21.5. The van der Waals surface area contributed by atoms with E-state index in [2.05, 4.69) is 100 Å². The second-order valence-electron chi connectivity index (χ2n) is 33.8. The van der Waals surface area contributed by atoms with Gasteiger partial charge in [0, 0.05) is 88.7 Å². The molecule has 1 atom stereocenters. The molecule has 0 amide bonds. The Morgan fingerprint density at radius 3 is 0.840 bits per heavy atom. The fourth-order valence-electron chi connectivity index (χ4n) is 13.7. The van der Waals surface area contributed by atoms with Gasteiger partial charge >= 0.3 is 0 Å². The van der Waals surface area contributed by atoms with Crippen LogP contribution < -0.4 is 0 Å². The van der Waals surface area contributed by atoms with Crippen LogP contribution in [0.2, 0.25) is 0 Å². The Hall–Kier alpha value is -9.25. The third-order valence-corrected chi connectivity index (χ3v) is 21.5. The van der Waals surface area contributed by atoms with Crippen molar-refractivity contribution in [1.82, 2.24) is 0 Å².